The minimum Gasteiger partial charge on any atom is -0.494 e. The average Bonchev–Trinajstić information content (AvgIpc) is 2.94. The molecule has 1 aliphatic heterocycles. The Morgan fingerprint density at radius 1 is 1.12 bits per heavy atom. The maximum atomic E-state index is 13.3. The average molecular weight is 493 g/mol. The zero-order valence-electron chi connectivity index (χ0n) is 18.9. The van der Waals surface area contributed by atoms with Crippen molar-refractivity contribution in [1.29, 1.82) is 0 Å². The topological polar surface area (TPSA) is 66.0 Å². The molecule has 0 aromatic heterocycles. The van der Waals surface area contributed by atoms with Gasteiger partial charge in [-0.15, -0.1) is 0 Å². The van der Waals surface area contributed by atoms with Crippen molar-refractivity contribution in [2.24, 2.45) is 4.99 Å². The lowest BCUT2D eigenvalue weighted by molar-refractivity contribution is -0.119. The van der Waals surface area contributed by atoms with Gasteiger partial charge in [0, 0.05) is 35.3 Å². The third kappa shape index (κ3) is 5.21. The number of fused-ring (bicyclic) bond motifs is 1. The van der Waals surface area contributed by atoms with Crippen molar-refractivity contribution in [2.75, 3.05) is 18.6 Å². The lowest BCUT2D eigenvalue weighted by Crippen LogP contribution is -2.49. The summed E-state index contributed by atoms with van der Waals surface area (Å²) in [4.78, 5) is 19.7. The van der Waals surface area contributed by atoms with Crippen LogP contribution in [-0.2, 0) is 11.3 Å². The maximum absolute atomic E-state index is 13.3. The SMILES string of the molecule is CCOc1ccccc1CNC(=S)NC1N=C(c2ccccc2)c2cc(Cl)ccc2N(C)C1=O. The van der Waals surface area contributed by atoms with Gasteiger partial charge in [0.15, 0.2) is 5.11 Å². The number of thiocarbonyl (C=S) groups is 1. The molecule has 3 aromatic carbocycles. The van der Waals surface area contributed by atoms with Gasteiger partial charge in [-0.1, -0.05) is 60.1 Å². The molecule has 1 aliphatic rings. The number of hydrogen-bond donors (Lipinski definition) is 2. The number of likely N-dealkylation sites (N-methyl/N-ethyl adjacent to an activating group) is 1. The first kappa shape index (κ1) is 23.7. The number of carbonyl (C=O) groups excluding carboxylic acids is 1. The normalized spacial score (nSPS) is 15.1. The molecule has 0 spiro atoms. The van der Waals surface area contributed by atoms with E-state index in [0.29, 0.717) is 29.0 Å². The number of rotatable bonds is 6. The van der Waals surface area contributed by atoms with Gasteiger partial charge in [-0.2, -0.15) is 0 Å². The number of carbonyl (C=O) groups is 1. The molecule has 2 N–H and O–H groups in total. The highest BCUT2D eigenvalue weighted by molar-refractivity contribution is 7.80. The van der Waals surface area contributed by atoms with Crippen LogP contribution in [-0.4, -0.2) is 36.6 Å². The van der Waals surface area contributed by atoms with E-state index in [2.05, 4.69) is 10.6 Å². The number of hydrogen-bond acceptors (Lipinski definition) is 4. The summed E-state index contributed by atoms with van der Waals surface area (Å²) in [6.07, 6.45) is -0.909. The fourth-order valence-electron chi connectivity index (χ4n) is 3.76. The Kier molecular flexibility index (Phi) is 7.45. The Hall–Kier alpha value is -3.42. The first-order chi connectivity index (χ1) is 16.5. The van der Waals surface area contributed by atoms with Gasteiger partial charge in [0.25, 0.3) is 5.91 Å². The van der Waals surface area contributed by atoms with E-state index >= 15 is 0 Å². The zero-order valence-corrected chi connectivity index (χ0v) is 20.5. The summed E-state index contributed by atoms with van der Waals surface area (Å²) in [6.45, 7) is 2.96. The van der Waals surface area contributed by atoms with E-state index < -0.39 is 6.17 Å². The Balaban J connectivity index is 1.61. The summed E-state index contributed by atoms with van der Waals surface area (Å²) in [5, 5.41) is 7.13. The Morgan fingerprint density at radius 3 is 2.62 bits per heavy atom. The van der Waals surface area contributed by atoms with Crippen LogP contribution in [0.1, 0.15) is 23.6 Å². The number of amides is 1. The van der Waals surface area contributed by atoms with Crippen molar-refractivity contribution in [1.82, 2.24) is 10.6 Å². The Bertz CT molecular complexity index is 1230. The van der Waals surface area contributed by atoms with Crippen molar-refractivity contribution in [3.63, 3.8) is 0 Å². The van der Waals surface area contributed by atoms with Gasteiger partial charge in [0.1, 0.15) is 5.75 Å². The summed E-state index contributed by atoms with van der Waals surface area (Å²) in [5.74, 6) is 0.565. The summed E-state index contributed by atoms with van der Waals surface area (Å²) < 4.78 is 5.68. The summed E-state index contributed by atoms with van der Waals surface area (Å²) in [7, 11) is 1.72. The van der Waals surface area contributed by atoms with E-state index in [1.54, 1.807) is 18.0 Å². The van der Waals surface area contributed by atoms with E-state index in [-0.39, 0.29) is 5.91 Å². The molecule has 8 heteroatoms. The first-order valence-corrected chi connectivity index (χ1v) is 11.7. The van der Waals surface area contributed by atoms with E-state index in [9.17, 15) is 4.79 Å². The number of para-hydroxylation sites is 1. The minimum atomic E-state index is -0.909. The summed E-state index contributed by atoms with van der Waals surface area (Å²) >= 11 is 11.8. The van der Waals surface area contributed by atoms with Crippen molar-refractivity contribution < 1.29 is 9.53 Å². The van der Waals surface area contributed by atoms with Crippen LogP contribution < -0.4 is 20.3 Å². The molecule has 34 heavy (non-hydrogen) atoms. The fourth-order valence-corrected chi connectivity index (χ4v) is 4.12. The predicted molar refractivity (Wildman–Crippen MR) is 141 cm³/mol. The van der Waals surface area contributed by atoms with Crippen LogP contribution in [0, 0.1) is 0 Å². The molecule has 174 valence electrons. The van der Waals surface area contributed by atoms with Gasteiger partial charge in [-0.25, -0.2) is 4.99 Å². The van der Waals surface area contributed by atoms with Crippen LogP contribution in [0.5, 0.6) is 5.75 Å². The smallest absolute Gasteiger partial charge is 0.272 e. The number of aliphatic imine (C=N–C) groups is 1. The fraction of sp³-hybridized carbons (Fsp3) is 0.192. The molecule has 0 radical (unpaired) electrons. The maximum Gasteiger partial charge on any atom is 0.272 e. The van der Waals surface area contributed by atoms with Crippen molar-refractivity contribution >= 4 is 46.2 Å². The molecule has 0 fully saturated rings. The van der Waals surface area contributed by atoms with Crippen LogP contribution in [0.4, 0.5) is 5.69 Å². The molecular weight excluding hydrogens is 468 g/mol. The van der Waals surface area contributed by atoms with Gasteiger partial charge in [-0.05, 0) is 43.4 Å². The van der Waals surface area contributed by atoms with E-state index in [1.807, 2.05) is 73.7 Å². The van der Waals surface area contributed by atoms with Gasteiger partial charge in [0.2, 0.25) is 6.17 Å². The second-order valence-corrected chi connectivity index (χ2v) is 8.52. The van der Waals surface area contributed by atoms with Crippen molar-refractivity contribution in [3.05, 3.63) is 94.5 Å². The molecule has 0 bridgehead atoms. The highest BCUT2D eigenvalue weighted by Crippen LogP contribution is 2.29. The van der Waals surface area contributed by atoms with Crippen LogP contribution in [0.2, 0.25) is 5.02 Å². The number of benzene rings is 3. The summed E-state index contributed by atoms with van der Waals surface area (Å²) in [6, 6.07) is 22.9. The molecule has 0 saturated carbocycles. The van der Waals surface area contributed by atoms with Crippen LogP contribution in [0.3, 0.4) is 0 Å². The van der Waals surface area contributed by atoms with Gasteiger partial charge in [-0.3, -0.25) is 4.79 Å². The van der Waals surface area contributed by atoms with Crippen LogP contribution in [0.25, 0.3) is 0 Å². The van der Waals surface area contributed by atoms with E-state index in [1.165, 1.54) is 0 Å². The largest absolute Gasteiger partial charge is 0.494 e. The molecule has 1 amide bonds. The third-order valence-corrected chi connectivity index (χ3v) is 5.92. The second kappa shape index (κ2) is 10.7. The Morgan fingerprint density at radius 2 is 1.85 bits per heavy atom. The molecule has 3 aromatic rings. The minimum absolute atomic E-state index is 0.228. The van der Waals surface area contributed by atoms with Crippen LogP contribution in [0.15, 0.2) is 77.8 Å². The molecule has 6 nitrogen and oxygen atoms in total. The highest BCUT2D eigenvalue weighted by Gasteiger charge is 2.30. The van der Waals surface area contributed by atoms with E-state index in [4.69, 9.17) is 33.5 Å². The first-order valence-electron chi connectivity index (χ1n) is 10.9. The lowest BCUT2D eigenvalue weighted by atomic mass is 10.0. The number of ether oxygens (including phenoxy) is 1. The van der Waals surface area contributed by atoms with E-state index in [0.717, 1.165) is 28.1 Å². The molecular formula is C26H25ClN4O2S. The number of nitrogens with zero attached hydrogens (tertiary/aromatic N) is 2. The quantitative estimate of drug-likeness (QED) is 0.494. The molecule has 1 unspecified atom stereocenters. The number of benzodiazepines with no additional fused rings is 1. The molecule has 1 atom stereocenters. The summed E-state index contributed by atoms with van der Waals surface area (Å²) in [5.41, 5.74) is 4.02. The van der Waals surface area contributed by atoms with Gasteiger partial charge in [0.05, 0.1) is 18.0 Å². The van der Waals surface area contributed by atoms with Crippen molar-refractivity contribution in [2.45, 2.75) is 19.6 Å². The van der Waals surface area contributed by atoms with Crippen LogP contribution >= 0.6 is 23.8 Å². The molecule has 1 heterocycles. The number of nitrogens with one attached hydrogen (secondary N) is 2. The monoisotopic (exact) mass is 492 g/mol. The number of anilines is 1. The molecule has 0 saturated heterocycles. The number of halogens is 1. The van der Waals surface area contributed by atoms with Gasteiger partial charge >= 0.3 is 0 Å². The predicted octanol–water partition coefficient (Wildman–Crippen LogP) is 4.54. The standard InChI is InChI=1S/C26H25ClN4O2S/c1-3-33-22-12-8-7-11-18(22)16-28-26(34)30-24-25(32)31(2)21-14-13-19(27)15-20(21)23(29-24)17-9-5-4-6-10-17/h4-15,24H,3,16H2,1-2H3,(H2,28,30,34). The zero-order chi connectivity index (χ0) is 24.1. The highest BCUT2D eigenvalue weighted by atomic mass is 35.5. The molecule has 4 rings (SSSR count). The molecule has 0 aliphatic carbocycles. The third-order valence-electron chi connectivity index (χ3n) is 5.42. The Labute approximate surface area is 209 Å². The second-order valence-electron chi connectivity index (χ2n) is 7.67. The lowest BCUT2D eigenvalue weighted by Gasteiger charge is -2.22. The van der Waals surface area contributed by atoms with Crippen molar-refractivity contribution in [3.8, 4) is 5.75 Å². The van der Waals surface area contributed by atoms with Gasteiger partial charge < -0.3 is 20.3 Å².